The van der Waals surface area contributed by atoms with Crippen molar-refractivity contribution in [3.63, 3.8) is 0 Å². The summed E-state index contributed by atoms with van der Waals surface area (Å²) in [6.07, 6.45) is 0. The number of ether oxygens (including phenoxy) is 1. The molecule has 2 rings (SSSR count). The van der Waals surface area contributed by atoms with Crippen molar-refractivity contribution in [3.8, 4) is 5.75 Å². The molecule has 154 valence electrons. The highest BCUT2D eigenvalue weighted by Gasteiger charge is 2.10. The van der Waals surface area contributed by atoms with E-state index < -0.39 is 10.0 Å². The molecule has 0 aliphatic carbocycles. The van der Waals surface area contributed by atoms with E-state index in [1.807, 2.05) is 49.2 Å². The molecule has 28 heavy (non-hydrogen) atoms. The van der Waals surface area contributed by atoms with Gasteiger partial charge in [-0.25, -0.2) is 13.6 Å². The van der Waals surface area contributed by atoms with Crippen molar-refractivity contribution in [1.82, 2.24) is 10.2 Å². The van der Waals surface area contributed by atoms with Crippen LogP contribution in [0.2, 0.25) is 0 Å². The number of guanidine groups is 1. The Morgan fingerprint density at radius 2 is 1.86 bits per heavy atom. The van der Waals surface area contributed by atoms with Gasteiger partial charge < -0.3 is 15.0 Å². The second kappa shape index (κ2) is 11.2. The van der Waals surface area contributed by atoms with Crippen LogP contribution >= 0.6 is 24.0 Å². The number of halogens is 1. The van der Waals surface area contributed by atoms with Gasteiger partial charge in [0.05, 0.1) is 11.5 Å². The predicted molar refractivity (Wildman–Crippen MR) is 123 cm³/mol. The maximum absolute atomic E-state index is 11.5. The van der Waals surface area contributed by atoms with Crippen LogP contribution in [0.1, 0.15) is 18.1 Å². The van der Waals surface area contributed by atoms with E-state index in [0.29, 0.717) is 25.7 Å². The zero-order valence-corrected chi connectivity index (χ0v) is 19.4. The van der Waals surface area contributed by atoms with Crippen LogP contribution in [0.4, 0.5) is 0 Å². The molecule has 0 atom stereocenters. The molecule has 0 spiro atoms. The normalized spacial score (nSPS) is 11.5. The Balaban J connectivity index is 0.00000392. The molecule has 0 fully saturated rings. The van der Waals surface area contributed by atoms with Crippen molar-refractivity contribution in [3.05, 3.63) is 59.7 Å². The number of benzene rings is 2. The number of aliphatic imine (C=N–C) groups is 1. The van der Waals surface area contributed by atoms with Gasteiger partial charge in [-0.15, -0.1) is 24.0 Å². The molecule has 0 bridgehead atoms. The Morgan fingerprint density at radius 1 is 1.18 bits per heavy atom. The third-order valence-corrected chi connectivity index (χ3v) is 4.82. The van der Waals surface area contributed by atoms with Gasteiger partial charge in [0.2, 0.25) is 10.0 Å². The quantitative estimate of drug-likeness (QED) is 0.334. The van der Waals surface area contributed by atoms with Gasteiger partial charge in [0.25, 0.3) is 0 Å². The smallest absolute Gasteiger partial charge is 0.238 e. The predicted octanol–water partition coefficient (Wildman–Crippen LogP) is 2.56. The summed E-state index contributed by atoms with van der Waals surface area (Å²) in [5, 5.41) is 8.41. The van der Waals surface area contributed by atoms with Crippen molar-refractivity contribution in [2.75, 3.05) is 20.7 Å². The fraction of sp³-hybridized carbons (Fsp3) is 0.316. The lowest BCUT2D eigenvalue weighted by Crippen LogP contribution is -2.38. The molecule has 9 heteroatoms. The van der Waals surface area contributed by atoms with Crippen LogP contribution < -0.4 is 15.2 Å². The summed E-state index contributed by atoms with van der Waals surface area (Å²) in [6, 6.07) is 14.5. The molecule has 7 nitrogen and oxygen atoms in total. The van der Waals surface area contributed by atoms with Crippen LogP contribution in [-0.4, -0.2) is 40.0 Å². The number of nitrogens with zero attached hydrogens (tertiary/aromatic N) is 2. The first-order valence-electron chi connectivity index (χ1n) is 8.58. The van der Waals surface area contributed by atoms with Crippen LogP contribution in [0.15, 0.2) is 58.4 Å². The lowest BCUT2D eigenvalue weighted by Gasteiger charge is -2.22. The minimum absolute atomic E-state index is 0. The Hall–Kier alpha value is -1.85. The summed E-state index contributed by atoms with van der Waals surface area (Å²) in [5.41, 5.74) is 1.93. The molecule has 0 saturated heterocycles. The zero-order valence-electron chi connectivity index (χ0n) is 16.3. The standard InChI is InChI=1S/C19H26N4O3S.HI/c1-4-26-17-10-8-15(9-11-17)14-23(3)19(21-2)22-13-16-6-5-7-18(12-16)27(20,24)25;/h5-12H,4,13-14H2,1-3H3,(H,21,22)(H2,20,24,25);1H. The molecule has 0 unspecified atom stereocenters. The lowest BCUT2D eigenvalue weighted by atomic mass is 10.2. The van der Waals surface area contributed by atoms with Crippen LogP contribution in [-0.2, 0) is 23.1 Å². The van der Waals surface area contributed by atoms with E-state index in [2.05, 4.69) is 10.3 Å². The first-order chi connectivity index (χ1) is 12.8. The molecule has 0 amide bonds. The molecule has 2 aromatic rings. The average Bonchev–Trinajstić information content (AvgIpc) is 2.63. The SMILES string of the molecule is CCOc1ccc(CN(C)C(=NC)NCc2cccc(S(N)(=O)=O)c2)cc1.I. The van der Waals surface area contributed by atoms with Gasteiger partial charge in [-0.05, 0) is 42.3 Å². The molecule has 2 aromatic carbocycles. The molecule has 0 saturated carbocycles. The Labute approximate surface area is 184 Å². The highest BCUT2D eigenvalue weighted by Crippen LogP contribution is 2.14. The fourth-order valence-corrected chi connectivity index (χ4v) is 3.19. The number of hydrogen-bond acceptors (Lipinski definition) is 4. The molecular formula is C19H27IN4O3S. The summed E-state index contributed by atoms with van der Waals surface area (Å²) in [6.45, 7) is 3.70. The number of primary sulfonamides is 1. The van der Waals surface area contributed by atoms with Crippen molar-refractivity contribution < 1.29 is 13.2 Å². The third-order valence-electron chi connectivity index (χ3n) is 3.91. The van der Waals surface area contributed by atoms with Crippen molar-refractivity contribution in [2.45, 2.75) is 24.9 Å². The maximum Gasteiger partial charge on any atom is 0.238 e. The lowest BCUT2D eigenvalue weighted by molar-refractivity contribution is 0.340. The zero-order chi connectivity index (χ0) is 19.9. The van der Waals surface area contributed by atoms with Crippen LogP contribution in [0.25, 0.3) is 0 Å². The minimum atomic E-state index is -3.71. The number of nitrogens with one attached hydrogen (secondary N) is 1. The van der Waals surface area contributed by atoms with Crippen LogP contribution in [0, 0.1) is 0 Å². The van der Waals surface area contributed by atoms with Gasteiger partial charge in [-0.2, -0.15) is 0 Å². The Bertz CT molecular complexity index is 886. The Morgan fingerprint density at radius 3 is 2.43 bits per heavy atom. The third kappa shape index (κ3) is 7.28. The van der Waals surface area contributed by atoms with Gasteiger partial charge in [0, 0.05) is 27.2 Å². The van der Waals surface area contributed by atoms with E-state index in [0.717, 1.165) is 16.9 Å². The van der Waals surface area contributed by atoms with Gasteiger partial charge in [-0.1, -0.05) is 24.3 Å². The number of nitrogens with two attached hydrogens (primary N) is 1. The van der Waals surface area contributed by atoms with E-state index in [9.17, 15) is 8.42 Å². The fourth-order valence-electron chi connectivity index (χ4n) is 2.60. The summed E-state index contributed by atoms with van der Waals surface area (Å²) in [4.78, 5) is 6.36. The molecule has 0 aromatic heterocycles. The molecular weight excluding hydrogens is 491 g/mol. The number of hydrogen-bond donors (Lipinski definition) is 2. The van der Waals surface area contributed by atoms with Crippen molar-refractivity contribution in [2.24, 2.45) is 10.1 Å². The van der Waals surface area contributed by atoms with Gasteiger partial charge in [-0.3, -0.25) is 4.99 Å². The molecule has 0 aliphatic rings. The molecule has 3 N–H and O–H groups in total. The monoisotopic (exact) mass is 518 g/mol. The van der Waals surface area contributed by atoms with Crippen molar-refractivity contribution >= 4 is 40.0 Å². The number of sulfonamides is 1. The molecule has 0 radical (unpaired) electrons. The summed E-state index contributed by atoms with van der Waals surface area (Å²) in [7, 11) is -0.0697. The largest absolute Gasteiger partial charge is 0.494 e. The second-order valence-corrected chi connectivity index (χ2v) is 7.59. The van der Waals surface area contributed by atoms with Gasteiger partial charge in [0.1, 0.15) is 5.75 Å². The average molecular weight is 518 g/mol. The summed E-state index contributed by atoms with van der Waals surface area (Å²) < 4.78 is 28.4. The molecule has 0 heterocycles. The summed E-state index contributed by atoms with van der Waals surface area (Å²) in [5.74, 6) is 1.55. The summed E-state index contributed by atoms with van der Waals surface area (Å²) >= 11 is 0. The van der Waals surface area contributed by atoms with Crippen LogP contribution in [0.5, 0.6) is 5.75 Å². The van der Waals surface area contributed by atoms with E-state index in [1.54, 1.807) is 19.2 Å². The van der Waals surface area contributed by atoms with E-state index in [-0.39, 0.29) is 28.9 Å². The highest BCUT2D eigenvalue weighted by atomic mass is 127. The molecule has 0 aliphatic heterocycles. The number of rotatable bonds is 7. The van der Waals surface area contributed by atoms with E-state index >= 15 is 0 Å². The Kier molecular flexibility index (Phi) is 9.70. The van der Waals surface area contributed by atoms with Crippen LogP contribution in [0.3, 0.4) is 0 Å². The van der Waals surface area contributed by atoms with Gasteiger partial charge >= 0.3 is 0 Å². The van der Waals surface area contributed by atoms with Crippen molar-refractivity contribution in [1.29, 1.82) is 0 Å². The van der Waals surface area contributed by atoms with E-state index in [1.165, 1.54) is 6.07 Å². The minimum Gasteiger partial charge on any atom is -0.494 e. The first-order valence-corrected chi connectivity index (χ1v) is 10.1. The first kappa shape index (κ1) is 24.2. The highest BCUT2D eigenvalue weighted by molar-refractivity contribution is 14.0. The second-order valence-electron chi connectivity index (χ2n) is 6.03. The topological polar surface area (TPSA) is 97.0 Å². The van der Waals surface area contributed by atoms with Gasteiger partial charge in [0.15, 0.2) is 5.96 Å². The maximum atomic E-state index is 11.5. The van der Waals surface area contributed by atoms with E-state index in [4.69, 9.17) is 9.88 Å².